The van der Waals surface area contributed by atoms with E-state index < -0.39 is 0 Å². The highest BCUT2D eigenvalue weighted by Gasteiger charge is 2.24. The van der Waals surface area contributed by atoms with Crippen LogP contribution in [0.5, 0.6) is 5.75 Å². The van der Waals surface area contributed by atoms with E-state index in [0.717, 1.165) is 35.2 Å². The van der Waals surface area contributed by atoms with Crippen LogP contribution in [0.4, 0.5) is 0 Å². The minimum absolute atomic E-state index is 0.0325. The van der Waals surface area contributed by atoms with E-state index in [9.17, 15) is 9.90 Å². The third-order valence-electron chi connectivity index (χ3n) is 4.53. The molecule has 1 aromatic heterocycles. The van der Waals surface area contributed by atoms with E-state index >= 15 is 0 Å². The van der Waals surface area contributed by atoms with Gasteiger partial charge in [0.25, 0.3) is 5.91 Å². The molecular formula is C18H22N2O3. The summed E-state index contributed by atoms with van der Waals surface area (Å²) in [5.41, 5.74) is 2.31. The summed E-state index contributed by atoms with van der Waals surface area (Å²) in [5, 5.41) is 10.1. The van der Waals surface area contributed by atoms with Crippen molar-refractivity contribution in [3.05, 3.63) is 35.5 Å². The van der Waals surface area contributed by atoms with Gasteiger partial charge in [0, 0.05) is 30.8 Å². The summed E-state index contributed by atoms with van der Waals surface area (Å²) < 4.78 is 5.28. The van der Waals surface area contributed by atoms with Crippen LogP contribution in [0.2, 0.25) is 0 Å². The highest BCUT2D eigenvalue weighted by Crippen LogP contribution is 2.26. The molecule has 0 radical (unpaired) electrons. The Kier molecular flexibility index (Phi) is 4.48. The normalized spacial score (nSPS) is 15.9. The first-order valence-electron chi connectivity index (χ1n) is 7.98. The van der Waals surface area contributed by atoms with E-state index in [1.165, 1.54) is 0 Å². The number of amides is 1. The topological polar surface area (TPSA) is 62.7 Å². The third kappa shape index (κ3) is 3.15. The van der Waals surface area contributed by atoms with Crippen LogP contribution in [-0.2, 0) is 0 Å². The van der Waals surface area contributed by atoms with Crippen molar-refractivity contribution in [2.24, 2.45) is 5.92 Å². The number of piperidine rings is 1. The Hall–Kier alpha value is -2.14. The maximum atomic E-state index is 13.0. The lowest BCUT2D eigenvalue weighted by molar-refractivity contribution is 0.0652. The molecule has 2 aromatic rings. The predicted octanol–water partition coefficient (Wildman–Crippen LogP) is 2.40. The molecule has 1 fully saturated rings. The second-order valence-corrected chi connectivity index (χ2v) is 6.11. The second kappa shape index (κ2) is 6.54. The first-order chi connectivity index (χ1) is 11.1. The van der Waals surface area contributed by atoms with E-state index in [4.69, 9.17) is 4.74 Å². The molecular weight excluding hydrogens is 292 g/mol. The number of aliphatic hydroxyl groups is 1. The molecule has 0 atom stereocenters. The number of ether oxygens (including phenoxy) is 1. The molecule has 0 unspecified atom stereocenters. The van der Waals surface area contributed by atoms with E-state index in [-0.39, 0.29) is 12.5 Å². The molecule has 1 aliphatic heterocycles. The molecule has 0 saturated carbocycles. The van der Waals surface area contributed by atoms with Crippen LogP contribution < -0.4 is 4.74 Å². The Bertz CT molecular complexity index is 722. The number of pyridine rings is 1. The minimum atomic E-state index is 0.0325. The summed E-state index contributed by atoms with van der Waals surface area (Å²) in [6.45, 7) is 3.49. The van der Waals surface area contributed by atoms with Crippen molar-refractivity contribution in [3.8, 4) is 5.75 Å². The molecule has 122 valence electrons. The highest BCUT2D eigenvalue weighted by atomic mass is 16.5. The van der Waals surface area contributed by atoms with Crippen molar-refractivity contribution < 1.29 is 14.6 Å². The molecule has 1 amide bonds. The number of aliphatic hydroxyl groups excluding tert-OH is 1. The Balaban J connectivity index is 1.96. The Morgan fingerprint density at radius 2 is 2.09 bits per heavy atom. The average molecular weight is 314 g/mol. The standard InChI is InChI=1S/C18H22N2O3/c1-12-9-16(15-10-14(23-2)3-4-17(15)19-12)18(22)20-7-5-13(11-21)6-8-20/h3-4,9-10,13,21H,5-8,11H2,1-2H3. The van der Waals surface area contributed by atoms with Gasteiger partial charge in [-0.3, -0.25) is 9.78 Å². The molecule has 2 heterocycles. The smallest absolute Gasteiger partial charge is 0.254 e. The van der Waals surface area contributed by atoms with Crippen LogP contribution >= 0.6 is 0 Å². The van der Waals surface area contributed by atoms with Gasteiger partial charge in [0.05, 0.1) is 18.2 Å². The second-order valence-electron chi connectivity index (χ2n) is 6.11. The van der Waals surface area contributed by atoms with Gasteiger partial charge in [-0.25, -0.2) is 0 Å². The number of nitrogens with zero attached hydrogens (tertiary/aromatic N) is 2. The fraction of sp³-hybridized carbons (Fsp3) is 0.444. The van der Waals surface area contributed by atoms with Crippen LogP contribution in [0.3, 0.4) is 0 Å². The lowest BCUT2D eigenvalue weighted by Gasteiger charge is -2.31. The summed E-state index contributed by atoms with van der Waals surface area (Å²) in [5.74, 6) is 1.07. The van der Waals surface area contributed by atoms with Gasteiger partial charge in [-0.15, -0.1) is 0 Å². The van der Waals surface area contributed by atoms with Crippen molar-refractivity contribution in [3.63, 3.8) is 0 Å². The van der Waals surface area contributed by atoms with Crippen LogP contribution in [0, 0.1) is 12.8 Å². The zero-order valence-electron chi connectivity index (χ0n) is 13.6. The Labute approximate surface area is 135 Å². The molecule has 5 heteroatoms. The SMILES string of the molecule is COc1ccc2nc(C)cc(C(=O)N3CCC(CO)CC3)c2c1. The van der Waals surface area contributed by atoms with E-state index in [1.54, 1.807) is 7.11 Å². The number of benzene rings is 1. The number of likely N-dealkylation sites (tertiary alicyclic amines) is 1. The van der Waals surface area contributed by atoms with Gasteiger partial charge in [0.2, 0.25) is 0 Å². The number of rotatable bonds is 3. The lowest BCUT2D eigenvalue weighted by Crippen LogP contribution is -2.39. The fourth-order valence-corrected chi connectivity index (χ4v) is 3.13. The number of hydrogen-bond donors (Lipinski definition) is 1. The van der Waals surface area contributed by atoms with Gasteiger partial charge in [-0.2, -0.15) is 0 Å². The molecule has 5 nitrogen and oxygen atoms in total. The van der Waals surface area contributed by atoms with Crippen molar-refractivity contribution in [1.82, 2.24) is 9.88 Å². The number of methoxy groups -OCH3 is 1. The minimum Gasteiger partial charge on any atom is -0.497 e. The van der Waals surface area contributed by atoms with Gasteiger partial charge in [0.1, 0.15) is 5.75 Å². The van der Waals surface area contributed by atoms with Gasteiger partial charge in [-0.1, -0.05) is 0 Å². The predicted molar refractivity (Wildman–Crippen MR) is 88.7 cm³/mol. The highest BCUT2D eigenvalue weighted by molar-refractivity contribution is 6.06. The van der Waals surface area contributed by atoms with Gasteiger partial charge < -0.3 is 14.7 Å². The van der Waals surface area contributed by atoms with Gasteiger partial charge >= 0.3 is 0 Å². The Morgan fingerprint density at radius 1 is 1.35 bits per heavy atom. The molecule has 1 N–H and O–H groups in total. The number of carbonyl (C=O) groups is 1. The first kappa shape index (κ1) is 15.7. The maximum Gasteiger partial charge on any atom is 0.254 e. The number of aryl methyl sites for hydroxylation is 1. The summed E-state index contributed by atoms with van der Waals surface area (Å²) in [6, 6.07) is 7.46. The van der Waals surface area contributed by atoms with Crippen LogP contribution in [0.25, 0.3) is 10.9 Å². The van der Waals surface area contributed by atoms with Crippen molar-refractivity contribution in [1.29, 1.82) is 0 Å². The number of fused-ring (bicyclic) bond motifs is 1. The lowest BCUT2D eigenvalue weighted by atomic mass is 9.97. The molecule has 23 heavy (non-hydrogen) atoms. The summed E-state index contributed by atoms with van der Waals surface area (Å²) in [7, 11) is 1.62. The molecule has 0 aliphatic carbocycles. The van der Waals surface area contributed by atoms with Crippen LogP contribution in [0.1, 0.15) is 28.9 Å². The van der Waals surface area contributed by atoms with Crippen molar-refractivity contribution in [2.75, 3.05) is 26.8 Å². The van der Waals surface area contributed by atoms with E-state index in [2.05, 4.69) is 4.98 Å². The van der Waals surface area contributed by atoms with Crippen molar-refractivity contribution in [2.45, 2.75) is 19.8 Å². The summed E-state index contributed by atoms with van der Waals surface area (Å²) >= 11 is 0. The molecule has 1 saturated heterocycles. The van der Waals surface area contributed by atoms with Gasteiger partial charge in [0.15, 0.2) is 0 Å². The molecule has 0 bridgehead atoms. The van der Waals surface area contributed by atoms with E-state index in [1.807, 2.05) is 36.1 Å². The number of aromatic nitrogens is 1. The fourth-order valence-electron chi connectivity index (χ4n) is 3.13. The largest absolute Gasteiger partial charge is 0.497 e. The quantitative estimate of drug-likeness (QED) is 0.945. The zero-order chi connectivity index (χ0) is 16.4. The van der Waals surface area contributed by atoms with Crippen LogP contribution in [-0.4, -0.2) is 47.7 Å². The van der Waals surface area contributed by atoms with Crippen LogP contribution in [0.15, 0.2) is 24.3 Å². The monoisotopic (exact) mass is 314 g/mol. The van der Waals surface area contributed by atoms with E-state index in [0.29, 0.717) is 24.6 Å². The molecule has 0 spiro atoms. The maximum absolute atomic E-state index is 13.0. The number of hydrogen-bond acceptors (Lipinski definition) is 4. The zero-order valence-corrected chi connectivity index (χ0v) is 13.6. The Morgan fingerprint density at radius 3 is 2.74 bits per heavy atom. The summed E-state index contributed by atoms with van der Waals surface area (Å²) in [6.07, 6.45) is 1.71. The summed E-state index contributed by atoms with van der Waals surface area (Å²) in [4.78, 5) is 19.3. The average Bonchev–Trinajstić information content (AvgIpc) is 2.60. The number of carbonyl (C=O) groups excluding carboxylic acids is 1. The molecule has 3 rings (SSSR count). The first-order valence-corrected chi connectivity index (χ1v) is 7.98. The molecule has 1 aliphatic rings. The third-order valence-corrected chi connectivity index (χ3v) is 4.53. The molecule has 1 aromatic carbocycles. The van der Waals surface area contributed by atoms with Gasteiger partial charge in [-0.05, 0) is 49.9 Å². The van der Waals surface area contributed by atoms with Crippen molar-refractivity contribution >= 4 is 16.8 Å².